The van der Waals surface area contributed by atoms with Crippen molar-refractivity contribution in [2.75, 3.05) is 0 Å². The third-order valence-corrected chi connectivity index (χ3v) is 2.94. The molecular weight excluding hydrogens is 245 g/mol. The second kappa shape index (κ2) is 4.28. The molecule has 4 nitrogen and oxygen atoms in total. The van der Waals surface area contributed by atoms with Gasteiger partial charge in [-0.2, -0.15) is 0 Å². The van der Waals surface area contributed by atoms with E-state index in [1.54, 1.807) is 22.7 Å². The molecule has 0 saturated carbocycles. The average molecular weight is 255 g/mol. The largest absolute Gasteiger partial charge is 0.289 e. The number of rotatable bonds is 2. The lowest BCUT2D eigenvalue weighted by Crippen LogP contribution is -2.03. The Bertz CT molecular complexity index is 762. The second-order valence-corrected chi connectivity index (χ2v) is 4.23. The van der Waals surface area contributed by atoms with Gasteiger partial charge >= 0.3 is 0 Å². The Morgan fingerprint density at radius 1 is 1.05 bits per heavy atom. The predicted molar refractivity (Wildman–Crippen MR) is 67.6 cm³/mol. The van der Waals surface area contributed by atoms with Gasteiger partial charge in [-0.05, 0) is 43.3 Å². The number of pyridine rings is 1. The van der Waals surface area contributed by atoms with Crippen LogP contribution in [-0.2, 0) is 0 Å². The van der Waals surface area contributed by atoms with E-state index >= 15 is 0 Å². The van der Waals surface area contributed by atoms with Crippen molar-refractivity contribution in [2.24, 2.45) is 0 Å². The summed E-state index contributed by atoms with van der Waals surface area (Å²) in [6, 6.07) is 8.92. The molecule has 1 aromatic carbocycles. The summed E-state index contributed by atoms with van der Waals surface area (Å²) in [5.41, 5.74) is 1.65. The van der Waals surface area contributed by atoms with Gasteiger partial charge in [-0.1, -0.05) is 0 Å². The van der Waals surface area contributed by atoms with Crippen LogP contribution in [0.4, 0.5) is 4.39 Å². The van der Waals surface area contributed by atoms with Crippen LogP contribution in [0.3, 0.4) is 0 Å². The topological polar surface area (TPSA) is 47.3 Å². The molecule has 0 atom stereocenters. The van der Waals surface area contributed by atoms with Crippen molar-refractivity contribution in [3.05, 3.63) is 65.4 Å². The number of fused-ring (bicyclic) bond motifs is 1. The number of carbonyl (C=O) groups is 1. The van der Waals surface area contributed by atoms with Crippen molar-refractivity contribution < 1.29 is 9.18 Å². The van der Waals surface area contributed by atoms with E-state index in [0.29, 0.717) is 22.6 Å². The summed E-state index contributed by atoms with van der Waals surface area (Å²) in [7, 11) is 0. The van der Waals surface area contributed by atoms with E-state index in [0.717, 1.165) is 0 Å². The Balaban J connectivity index is 2.05. The van der Waals surface area contributed by atoms with E-state index in [1.807, 2.05) is 6.92 Å². The molecule has 0 aliphatic carbocycles. The van der Waals surface area contributed by atoms with Crippen LogP contribution in [0.5, 0.6) is 0 Å². The van der Waals surface area contributed by atoms with Crippen molar-refractivity contribution in [2.45, 2.75) is 6.92 Å². The maximum Gasteiger partial charge on any atom is 0.194 e. The first-order valence-corrected chi connectivity index (χ1v) is 5.77. The molecule has 0 aliphatic rings. The van der Waals surface area contributed by atoms with Gasteiger partial charge in [-0.15, -0.1) is 10.2 Å². The van der Waals surface area contributed by atoms with Gasteiger partial charge in [-0.25, -0.2) is 4.39 Å². The molecule has 2 aromatic heterocycles. The molecular formula is C14H10FN3O. The van der Waals surface area contributed by atoms with Gasteiger partial charge in [0.2, 0.25) is 0 Å². The van der Waals surface area contributed by atoms with E-state index in [9.17, 15) is 9.18 Å². The Labute approximate surface area is 108 Å². The Morgan fingerprint density at radius 2 is 1.74 bits per heavy atom. The van der Waals surface area contributed by atoms with Gasteiger partial charge in [0.05, 0.1) is 0 Å². The summed E-state index contributed by atoms with van der Waals surface area (Å²) in [5, 5.41) is 7.89. The Morgan fingerprint density at radius 3 is 2.47 bits per heavy atom. The minimum Gasteiger partial charge on any atom is -0.289 e. The number of ketones is 1. The normalized spacial score (nSPS) is 10.8. The molecule has 2 heterocycles. The quantitative estimate of drug-likeness (QED) is 0.661. The molecule has 0 amide bonds. The highest BCUT2D eigenvalue weighted by atomic mass is 19.1. The number of carbonyl (C=O) groups excluding carboxylic acids is 1. The van der Waals surface area contributed by atoms with Crippen LogP contribution in [-0.4, -0.2) is 20.4 Å². The summed E-state index contributed by atoms with van der Waals surface area (Å²) in [6.45, 7) is 1.81. The first-order valence-electron chi connectivity index (χ1n) is 5.77. The molecule has 0 saturated heterocycles. The third-order valence-electron chi connectivity index (χ3n) is 2.94. The van der Waals surface area contributed by atoms with Crippen molar-refractivity contribution in [3.63, 3.8) is 0 Å². The number of hydrogen-bond donors (Lipinski definition) is 0. The zero-order valence-corrected chi connectivity index (χ0v) is 10.2. The molecule has 0 aliphatic heterocycles. The van der Waals surface area contributed by atoms with Gasteiger partial charge in [0, 0.05) is 17.3 Å². The smallest absolute Gasteiger partial charge is 0.194 e. The average Bonchev–Trinajstić information content (AvgIpc) is 2.80. The van der Waals surface area contributed by atoms with Gasteiger partial charge in [-0.3, -0.25) is 9.20 Å². The third kappa shape index (κ3) is 1.99. The molecule has 94 valence electrons. The fourth-order valence-corrected chi connectivity index (χ4v) is 1.91. The van der Waals surface area contributed by atoms with Crippen molar-refractivity contribution in [1.29, 1.82) is 0 Å². The van der Waals surface area contributed by atoms with Crippen LogP contribution >= 0.6 is 0 Å². The fourth-order valence-electron chi connectivity index (χ4n) is 1.91. The lowest BCUT2D eigenvalue weighted by atomic mass is 10.1. The van der Waals surface area contributed by atoms with Crippen molar-refractivity contribution in [3.8, 4) is 0 Å². The van der Waals surface area contributed by atoms with Crippen LogP contribution in [0.15, 0.2) is 42.6 Å². The molecule has 0 unspecified atom stereocenters. The molecule has 3 rings (SSSR count). The van der Waals surface area contributed by atoms with Crippen LogP contribution in [0.25, 0.3) is 5.65 Å². The number of hydrogen-bond acceptors (Lipinski definition) is 3. The van der Waals surface area contributed by atoms with Gasteiger partial charge < -0.3 is 0 Å². The molecule has 0 bridgehead atoms. The first-order chi connectivity index (χ1) is 9.15. The van der Waals surface area contributed by atoms with E-state index < -0.39 is 0 Å². The lowest BCUT2D eigenvalue weighted by Gasteiger charge is -2.02. The molecule has 0 fully saturated rings. The van der Waals surface area contributed by atoms with Gasteiger partial charge in [0.1, 0.15) is 11.6 Å². The minimum atomic E-state index is -0.360. The molecule has 5 heteroatoms. The zero-order valence-electron chi connectivity index (χ0n) is 10.2. The molecule has 19 heavy (non-hydrogen) atoms. The van der Waals surface area contributed by atoms with E-state index in [1.165, 1.54) is 24.3 Å². The second-order valence-electron chi connectivity index (χ2n) is 4.23. The number of aromatic nitrogens is 3. The standard InChI is InChI=1S/C14H10FN3O/c1-9-16-17-13-7-4-11(8-18(9)13)14(19)10-2-5-12(15)6-3-10/h2-8H,1H3. The molecule has 0 N–H and O–H groups in total. The maximum atomic E-state index is 12.8. The number of nitrogens with zero attached hydrogens (tertiary/aromatic N) is 3. The Kier molecular flexibility index (Phi) is 2.59. The van der Waals surface area contributed by atoms with Crippen LogP contribution in [0, 0.1) is 12.7 Å². The predicted octanol–water partition coefficient (Wildman–Crippen LogP) is 2.41. The summed E-state index contributed by atoms with van der Waals surface area (Å²) in [5.74, 6) is 0.195. The van der Waals surface area contributed by atoms with Crippen LogP contribution in [0.1, 0.15) is 21.7 Å². The SMILES string of the molecule is Cc1nnc2ccc(C(=O)c3ccc(F)cc3)cn12. The van der Waals surface area contributed by atoms with Crippen LogP contribution < -0.4 is 0 Å². The van der Waals surface area contributed by atoms with Gasteiger partial charge in [0.25, 0.3) is 0 Å². The monoisotopic (exact) mass is 255 g/mol. The first kappa shape index (κ1) is 11.5. The minimum absolute atomic E-state index is 0.157. The number of benzene rings is 1. The summed E-state index contributed by atoms with van der Waals surface area (Å²) in [6.07, 6.45) is 1.69. The number of halogens is 1. The highest BCUT2D eigenvalue weighted by Crippen LogP contribution is 2.12. The highest BCUT2D eigenvalue weighted by Gasteiger charge is 2.11. The zero-order chi connectivity index (χ0) is 13.4. The van der Waals surface area contributed by atoms with Gasteiger partial charge in [0.15, 0.2) is 11.4 Å². The van der Waals surface area contributed by atoms with Crippen molar-refractivity contribution >= 4 is 11.4 Å². The molecule has 0 spiro atoms. The maximum absolute atomic E-state index is 12.8. The number of aryl methyl sites for hydroxylation is 1. The van der Waals surface area contributed by atoms with E-state index in [2.05, 4.69) is 10.2 Å². The van der Waals surface area contributed by atoms with E-state index in [-0.39, 0.29) is 11.6 Å². The lowest BCUT2D eigenvalue weighted by molar-refractivity contribution is 0.103. The molecule has 0 radical (unpaired) electrons. The summed E-state index contributed by atoms with van der Waals surface area (Å²) in [4.78, 5) is 12.3. The molecule has 3 aromatic rings. The van der Waals surface area contributed by atoms with E-state index in [4.69, 9.17) is 0 Å². The summed E-state index contributed by atoms with van der Waals surface area (Å²) < 4.78 is 14.6. The summed E-state index contributed by atoms with van der Waals surface area (Å²) >= 11 is 0. The Hall–Kier alpha value is -2.56. The van der Waals surface area contributed by atoms with Crippen LogP contribution in [0.2, 0.25) is 0 Å². The fraction of sp³-hybridized carbons (Fsp3) is 0.0714. The highest BCUT2D eigenvalue weighted by molar-refractivity contribution is 6.08. The van der Waals surface area contributed by atoms with Crippen molar-refractivity contribution in [1.82, 2.24) is 14.6 Å².